The first kappa shape index (κ1) is 29.4. The zero-order valence-electron chi connectivity index (χ0n) is 23.1. The molecule has 0 radical (unpaired) electrons. The molecule has 0 spiro atoms. The number of aliphatic hydroxyl groups excluding tert-OH is 1. The number of nitrogens with zero attached hydrogens (tertiary/aromatic N) is 1. The van der Waals surface area contributed by atoms with Crippen LogP contribution in [0.2, 0.25) is 0 Å². The van der Waals surface area contributed by atoms with Crippen LogP contribution in [0.3, 0.4) is 0 Å². The topological polar surface area (TPSA) is 85.0 Å². The van der Waals surface area contributed by atoms with Crippen molar-refractivity contribution in [3.05, 3.63) is 107 Å². The van der Waals surface area contributed by atoms with Crippen LogP contribution in [0.25, 0.3) is 0 Å². The summed E-state index contributed by atoms with van der Waals surface area (Å²) in [6.45, 7) is 8.47. The van der Waals surface area contributed by atoms with Crippen LogP contribution >= 0.6 is 0 Å². The average molecular weight is 519 g/mol. The van der Waals surface area contributed by atoms with E-state index in [1.54, 1.807) is 4.90 Å². The maximum absolute atomic E-state index is 13.6. The minimum Gasteiger partial charge on any atom is -0.445 e. The van der Waals surface area contributed by atoms with E-state index < -0.39 is 17.2 Å². The van der Waals surface area contributed by atoms with Gasteiger partial charge in [0.1, 0.15) is 6.61 Å². The third-order valence-electron chi connectivity index (χ3n) is 7.04. The number of carbonyl (C=O) groups excluding carboxylic acids is 1. The van der Waals surface area contributed by atoms with Crippen LogP contribution in [-0.2, 0) is 16.1 Å². The number of amides is 1. The van der Waals surface area contributed by atoms with E-state index in [4.69, 9.17) is 15.2 Å². The van der Waals surface area contributed by atoms with Gasteiger partial charge in [0, 0.05) is 6.54 Å². The Bertz CT molecular complexity index is 1120. The molecular formula is C32H42N2O4. The number of nitrogens with two attached hydrogens (primary N) is 1. The van der Waals surface area contributed by atoms with Crippen molar-refractivity contribution in [2.24, 2.45) is 5.73 Å². The van der Waals surface area contributed by atoms with Gasteiger partial charge in [0.2, 0.25) is 0 Å². The molecular weight excluding hydrogens is 476 g/mol. The van der Waals surface area contributed by atoms with E-state index in [1.165, 1.54) is 11.1 Å². The molecule has 0 aromatic heterocycles. The molecule has 1 amide bonds. The second kappa shape index (κ2) is 13.6. The second-order valence-electron chi connectivity index (χ2n) is 10.4. The number of hydrogen-bond donors (Lipinski definition) is 2. The number of likely N-dealkylation sites (tertiary alicyclic amines) is 1. The minimum absolute atomic E-state index is 0.147. The Balaban J connectivity index is 1.91. The van der Waals surface area contributed by atoms with E-state index in [9.17, 15) is 9.90 Å². The number of benzene rings is 2. The monoisotopic (exact) mass is 518 g/mol. The maximum Gasteiger partial charge on any atom is 0.410 e. The lowest BCUT2D eigenvalue weighted by Crippen LogP contribution is -2.67. The van der Waals surface area contributed by atoms with Crippen LogP contribution in [0.15, 0.2) is 85.0 Å². The van der Waals surface area contributed by atoms with Crippen LogP contribution in [0.1, 0.15) is 55.0 Å². The molecule has 1 heterocycles. The van der Waals surface area contributed by atoms with Crippen LogP contribution in [-0.4, -0.2) is 46.9 Å². The maximum atomic E-state index is 13.6. The zero-order chi connectivity index (χ0) is 27.6. The molecule has 3 rings (SSSR count). The molecule has 1 unspecified atom stereocenters. The molecule has 3 N–H and O–H groups in total. The number of carbonyl (C=O) groups is 1. The standard InChI is InChI=1S/C32H42N2O4/c1-5-6-7-8-12-15-32(24-38-27(4)29-19-25(2)18-26(3)20-29)17-16-31(33,23-35)22-34(32)30(36)37-21-28-13-10-9-11-14-28/h5-15,18-20,27,35H,16-17,21-24,33H2,1-4H3/b6-5-,8-7-,15-12+/t27-,31?,32-/m1/s1. The number of allylic oxidation sites excluding steroid dienone is 5. The van der Waals surface area contributed by atoms with Gasteiger partial charge < -0.3 is 20.3 Å². The summed E-state index contributed by atoms with van der Waals surface area (Å²) in [4.78, 5) is 15.2. The zero-order valence-corrected chi connectivity index (χ0v) is 23.1. The first-order valence-corrected chi connectivity index (χ1v) is 13.3. The van der Waals surface area contributed by atoms with Crippen molar-refractivity contribution in [3.63, 3.8) is 0 Å². The summed E-state index contributed by atoms with van der Waals surface area (Å²) in [6, 6.07) is 16.0. The highest BCUT2D eigenvalue weighted by Gasteiger charge is 2.48. The van der Waals surface area contributed by atoms with Crippen LogP contribution in [0.5, 0.6) is 0 Å². The lowest BCUT2D eigenvalue weighted by molar-refractivity contribution is -0.0512. The molecule has 3 atom stereocenters. The molecule has 6 heteroatoms. The molecule has 38 heavy (non-hydrogen) atoms. The second-order valence-corrected chi connectivity index (χ2v) is 10.4. The Morgan fingerprint density at radius 3 is 2.42 bits per heavy atom. The molecule has 204 valence electrons. The number of rotatable bonds is 10. The van der Waals surface area contributed by atoms with Crippen LogP contribution < -0.4 is 5.73 Å². The van der Waals surface area contributed by atoms with Gasteiger partial charge in [-0.1, -0.05) is 96.1 Å². The molecule has 1 aliphatic rings. The molecule has 1 fully saturated rings. The molecule has 0 saturated carbocycles. The summed E-state index contributed by atoms with van der Waals surface area (Å²) >= 11 is 0. The SMILES string of the molecule is C\C=C/C=C\C=C\[C@]1(CO[C@H](C)c2cc(C)cc(C)c2)CCC(N)(CO)CN1C(=O)OCc1ccccc1. The van der Waals surface area contributed by atoms with Gasteiger partial charge in [0.05, 0.1) is 30.4 Å². The van der Waals surface area contributed by atoms with Gasteiger partial charge >= 0.3 is 6.09 Å². The largest absolute Gasteiger partial charge is 0.445 e. The van der Waals surface area contributed by atoms with E-state index >= 15 is 0 Å². The fourth-order valence-corrected chi connectivity index (χ4v) is 4.78. The van der Waals surface area contributed by atoms with Crippen molar-refractivity contribution in [3.8, 4) is 0 Å². The van der Waals surface area contributed by atoms with E-state index in [0.717, 1.165) is 11.1 Å². The molecule has 1 aliphatic heterocycles. The third kappa shape index (κ3) is 7.90. The van der Waals surface area contributed by atoms with Gasteiger partial charge in [-0.25, -0.2) is 4.79 Å². The Labute approximate surface area is 227 Å². The fraction of sp³-hybridized carbons (Fsp3) is 0.406. The van der Waals surface area contributed by atoms with Gasteiger partial charge in [0.15, 0.2) is 0 Å². The van der Waals surface area contributed by atoms with E-state index in [-0.39, 0.29) is 32.5 Å². The summed E-state index contributed by atoms with van der Waals surface area (Å²) in [5.41, 5.74) is 9.14. The van der Waals surface area contributed by atoms with Crippen molar-refractivity contribution in [1.29, 1.82) is 0 Å². The smallest absolute Gasteiger partial charge is 0.410 e. The lowest BCUT2D eigenvalue weighted by atomic mass is 9.79. The molecule has 1 saturated heterocycles. The molecule has 0 aliphatic carbocycles. The van der Waals surface area contributed by atoms with Crippen LogP contribution in [0, 0.1) is 13.8 Å². The van der Waals surface area contributed by atoms with Crippen molar-refractivity contribution in [1.82, 2.24) is 4.90 Å². The van der Waals surface area contributed by atoms with Crippen molar-refractivity contribution in [2.75, 3.05) is 19.8 Å². The Kier molecular flexibility index (Phi) is 10.5. The minimum atomic E-state index is -0.914. The molecule has 2 aromatic carbocycles. The number of hydrogen-bond acceptors (Lipinski definition) is 5. The normalized spacial score (nSPS) is 22.9. The Morgan fingerprint density at radius 2 is 1.76 bits per heavy atom. The van der Waals surface area contributed by atoms with Crippen molar-refractivity contribution < 1.29 is 19.4 Å². The predicted octanol–water partition coefficient (Wildman–Crippen LogP) is 5.93. The quantitative estimate of drug-likeness (QED) is 0.381. The highest BCUT2D eigenvalue weighted by Crippen LogP contribution is 2.36. The summed E-state index contributed by atoms with van der Waals surface area (Å²) < 4.78 is 12.2. The highest BCUT2D eigenvalue weighted by atomic mass is 16.6. The third-order valence-corrected chi connectivity index (χ3v) is 7.04. The van der Waals surface area contributed by atoms with Gasteiger partial charge in [-0.05, 0) is 51.7 Å². The first-order valence-electron chi connectivity index (χ1n) is 13.3. The first-order chi connectivity index (χ1) is 18.2. The lowest BCUT2D eigenvalue weighted by Gasteiger charge is -2.50. The summed E-state index contributed by atoms with van der Waals surface area (Å²) in [6.07, 6.45) is 12.1. The molecule has 0 bridgehead atoms. The summed E-state index contributed by atoms with van der Waals surface area (Å²) in [5, 5.41) is 10.0. The predicted molar refractivity (Wildman–Crippen MR) is 153 cm³/mol. The highest BCUT2D eigenvalue weighted by molar-refractivity contribution is 5.70. The molecule has 6 nitrogen and oxygen atoms in total. The summed E-state index contributed by atoms with van der Waals surface area (Å²) in [5.74, 6) is 0. The van der Waals surface area contributed by atoms with E-state index in [0.29, 0.717) is 12.8 Å². The summed E-state index contributed by atoms with van der Waals surface area (Å²) in [7, 11) is 0. The number of aliphatic hydroxyl groups is 1. The van der Waals surface area contributed by atoms with Gasteiger partial charge in [-0.3, -0.25) is 4.90 Å². The fourth-order valence-electron chi connectivity index (χ4n) is 4.78. The van der Waals surface area contributed by atoms with Crippen molar-refractivity contribution in [2.45, 2.75) is 64.3 Å². The van der Waals surface area contributed by atoms with Crippen molar-refractivity contribution >= 4 is 6.09 Å². The Morgan fingerprint density at radius 1 is 1.08 bits per heavy atom. The number of aryl methyl sites for hydroxylation is 2. The average Bonchev–Trinajstić information content (AvgIpc) is 2.91. The number of piperidine rings is 1. The Hall–Kier alpha value is -3.19. The van der Waals surface area contributed by atoms with Gasteiger partial charge in [-0.15, -0.1) is 0 Å². The number of ether oxygens (including phenoxy) is 2. The van der Waals surface area contributed by atoms with Crippen LogP contribution in [0.4, 0.5) is 4.79 Å². The van der Waals surface area contributed by atoms with E-state index in [2.05, 4.69) is 32.0 Å². The van der Waals surface area contributed by atoms with Gasteiger partial charge in [0.25, 0.3) is 0 Å². The molecule has 2 aromatic rings. The van der Waals surface area contributed by atoms with E-state index in [1.807, 2.05) is 80.6 Å². The van der Waals surface area contributed by atoms with Gasteiger partial charge in [-0.2, -0.15) is 0 Å².